The predicted molar refractivity (Wildman–Crippen MR) is 324 cm³/mol. The van der Waals surface area contributed by atoms with Crippen LogP contribution in [0.4, 0.5) is 0 Å². The highest BCUT2D eigenvalue weighted by Gasteiger charge is 2.19. The zero-order valence-corrected chi connectivity index (χ0v) is 47.5. The molecular weight excluding hydrogens is 925 g/mol. The molecule has 0 aromatic carbocycles. The molecule has 1 atom stereocenters. The number of esters is 3. The molecule has 0 aromatic rings. The van der Waals surface area contributed by atoms with Crippen LogP contribution in [0.5, 0.6) is 0 Å². The van der Waals surface area contributed by atoms with E-state index in [9.17, 15) is 14.4 Å². The van der Waals surface area contributed by atoms with E-state index in [1.54, 1.807) is 0 Å². The van der Waals surface area contributed by atoms with E-state index in [2.05, 4.69) is 203 Å². The van der Waals surface area contributed by atoms with Crippen molar-refractivity contribution in [3.05, 3.63) is 182 Å². The molecule has 75 heavy (non-hydrogen) atoms. The van der Waals surface area contributed by atoms with Gasteiger partial charge in [0.15, 0.2) is 6.10 Å². The van der Waals surface area contributed by atoms with Crippen molar-refractivity contribution >= 4 is 17.9 Å². The molecule has 0 saturated carbocycles. The number of unbranched alkanes of at least 4 members (excludes halogenated alkanes) is 9. The van der Waals surface area contributed by atoms with Crippen molar-refractivity contribution < 1.29 is 28.6 Å². The third-order valence-corrected chi connectivity index (χ3v) is 11.4. The quantitative estimate of drug-likeness (QED) is 0.0261. The molecule has 0 saturated heterocycles. The van der Waals surface area contributed by atoms with Gasteiger partial charge in [0.05, 0.1) is 0 Å². The summed E-state index contributed by atoms with van der Waals surface area (Å²) in [5.41, 5.74) is 0. The summed E-state index contributed by atoms with van der Waals surface area (Å²) in [6.45, 7) is 6.22. The zero-order chi connectivity index (χ0) is 54.3. The summed E-state index contributed by atoms with van der Waals surface area (Å²) in [6, 6.07) is 0. The Morgan fingerprint density at radius 1 is 0.280 bits per heavy atom. The van der Waals surface area contributed by atoms with Crippen molar-refractivity contribution in [1.82, 2.24) is 0 Å². The number of rotatable bonds is 50. The molecule has 0 amide bonds. The van der Waals surface area contributed by atoms with Crippen molar-refractivity contribution in [3.8, 4) is 0 Å². The minimum Gasteiger partial charge on any atom is -0.462 e. The maximum Gasteiger partial charge on any atom is 0.306 e. The number of carbonyl (C=O) groups is 3. The zero-order valence-electron chi connectivity index (χ0n) is 47.5. The molecule has 416 valence electrons. The molecule has 0 radical (unpaired) electrons. The topological polar surface area (TPSA) is 78.9 Å². The summed E-state index contributed by atoms with van der Waals surface area (Å²) in [4.78, 5) is 38.1. The van der Waals surface area contributed by atoms with Crippen molar-refractivity contribution in [2.75, 3.05) is 13.2 Å². The van der Waals surface area contributed by atoms with Gasteiger partial charge in [-0.3, -0.25) is 14.4 Å². The van der Waals surface area contributed by atoms with E-state index < -0.39 is 12.1 Å². The van der Waals surface area contributed by atoms with Crippen molar-refractivity contribution in [3.63, 3.8) is 0 Å². The second-order valence-corrected chi connectivity index (χ2v) is 18.4. The molecule has 0 rings (SSSR count). The van der Waals surface area contributed by atoms with Crippen LogP contribution < -0.4 is 0 Å². The lowest BCUT2D eigenvalue weighted by Crippen LogP contribution is -2.30. The summed E-state index contributed by atoms with van der Waals surface area (Å²) in [5, 5.41) is 0. The lowest BCUT2D eigenvalue weighted by molar-refractivity contribution is -0.167. The average molecular weight is 1030 g/mol. The van der Waals surface area contributed by atoms with E-state index in [-0.39, 0.29) is 38.0 Å². The molecule has 0 aliphatic rings. The maximum absolute atomic E-state index is 12.8. The monoisotopic (exact) mass is 1030 g/mol. The molecule has 0 spiro atoms. The van der Waals surface area contributed by atoms with Gasteiger partial charge in [-0.2, -0.15) is 0 Å². The van der Waals surface area contributed by atoms with E-state index in [0.29, 0.717) is 19.3 Å². The molecule has 6 nitrogen and oxygen atoms in total. The summed E-state index contributed by atoms with van der Waals surface area (Å²) in [6.07, 6.45) is 91.8. The summed E-state index contributed by atoms with van der Waals surface area (Å²) in [5.74, 6) is -1.06. The Kier molecular flexibility index (Phi) is 56.6. The second kappa shape index (κ2) is 61.1. The third-order valence-electron chi connectivity index (χ3n) is 11.4. The Hall–Kier alpha value is -5.49. The van der Waals surface area contributed by atoms with Gasteiger partial charge in [-0.15, -0.1) is 0 Å². The summed E-state index contributed by atoms with van der Waals surface area (Å²) in [7, 11) is 0. The molecule has 0 fully saturated rings. The third kappa shape index (κ3) is 59.3. The van der Waals surface area contributed by atoms with Crippen molar-refractivity contribution in [1.29, 1.82) is 0 Å². The number of ether oxygens (including phenoxy) is 3. The van der Waals surface area contributed by atoms with Crippen molar-refractivity contribution in [2.45, 2.75) is 219 Å². The smallest absolute Gasteiger partial charge is 0.306 e. The predicted octanol–water partition coefficient (Wildman–Crippen LogP) is 20.1. The molecule has 1 unspecified atom stereocenters. The molecule has 0 aromatic heterocycles. The Bertz CT molecular complexity index is 1800. The maximum atomic E-state index is 12.8. The van der Waals surface area contributed by atoms with E-state index in [4.69, 9.17) is 14.2 Å². The highest BCUT2D eigenvalue weighted by molar-refractivity contribution is 5.71. The van der Waals surface area contributed by atoms with E-state index >= 15 is 0 Å². The van der Waals surface area contributed by atoms with Gasteiger partial charge in [0.2, 0.25) is 0 Å². The lowest BCUT2D eigenvalue weighted by Gasteiger charge is -2.18. The lowest BCUT2D eigenvalue weighted by atomic mass is 10.1. The average Bonchev–Trinajstić information content (AvgIpc) is 3.41. The van der Waals surface area contributed by atoms with E-state index in [0.717, 1.165) is 154 Å². The first-order chi connectivity index (χ1) is 37.0. The Labute approximate surface area is 459 Å². The Balaban J connectivity index is 4.55. The summed E-state index contributed by atoms with van der Waals surface area (Å²) >= 11 is 0. The number of carbonyl (C=O) groups excluding carboxylic acids is 3. The molecule has 0 heterocycles. The van der Waals surface area contributed by atoms with Crippen LogP contribution in [0.2, 0.25) is 0 Å². The van der Waals surface area contributed by atoms with Crippen LogP contribution in [0, 0.1) is 0 Å². The van der Waals surface area contributed by atoms with Crippen LogP contribution in [-0.2, 0) is 28.6 Å². The van der Waals surface area contributed by atoms with Crippen molar-refractivity contribution in [2.24, 2.45) is 0 Å². The largest absolute Gasteiger partial charge is 0.462 e. The summed E-state index contributed by atoms with van der Waals surface area (Å²) < 4.78 is 16.7. The number of allylic oxidation sites excluding steroid dienone is 30. The minimum absolute atomic E-state index is 0.132. The van der Waals surface area contributed by atoms with Crippen LogP contribution in [0.3, 0.4) is 0 Å². The molecule has 0 N–H and O–H groups in total. The first-order valence-corrected chi connectivity index (χ1v) is 29.3. The highest BCUT2D eigenvalue weighted by atomic mass is 16.6. The molecule has 0 bridgehead atoms. The van der Waals surface area contributed by atoms with Crippen LogP contribution in [0.1, 0.15) is 213 Å². The highest BCUT2D eigenvalue weighted by Crippen LogP contribution is 2.11. The fraction of sp³-hybridized carbons (Fsp3) is 0.522. The van der Waals surface area contributed by atoms with Gasteiger partial charge in [-0.05, 0) is 148 Å². The Morgan fingerprint density at radius 3 is 0.880 bits per heavy atom. The molecule has 0 aliphatic carbocycles. The van der Waals surface area contributed by atoms with Gasteiger partial charge in [0.1, 0.15) is 13.2 Å². The van der Waals surface area contributed by atoms with Gasteiger partial charge < -0.3 is 14.2 Å². The molecule has 0 aliphatic heterocycles. The normalized spacial score (nSPS) is 13.5. The molecular formula is C69H104O6. The fourth-order valence-corrected chi connectivity index (χ4v) is 7.06. The van der Waals surface area contributed by atoms with Gasteiger partial charge >= 0.3 is 17.9 Å². The van der Waals surface area contributed by atoms with Crippen LogP contribution in [-0.4, -0.2) is 37.2 Å². The fourth-order valence-electron chi connectivity index (χ4n) is 7.06. The van der Waals surface area contributed by atoms with Crippen LogP contribution >= 0.6 is 0 Å². The van der Waals surface area contributed by atoms with Crippen LogP contribution in [0.25, 0.3) is 0 Å². The number of hydrogen-bond acceptors (Lipinski definition) is 6. The standard InChI is InChI=1S/C69H104O6/c1-4-7-10-13-16-19-22-25-27-29-30-31-32-33-34-35-36-37-38-40-41-44-47-50-53-56-59-62-68(71)74-65-66(64-73-67(70)61-58-55-52-49-46-43-24-21-18-15-12-9-6-3)75-69(72)63-60-57-54-51-48-45-42-39-28-26-23-20-17-14-11-8-5-2/h7-8,10-12,15-17,19-21,24-28,30-31,33-34,36-37,40-42,45,47,50-51,54,66H,4-6,9,13-14,18,22-23,29,32,35,38-39,43-44,46,48-49,52-53,55-65H2,1-3H3/b10-7-,11-8-,15-12-,19-16-,20-17-,24-21-,27-25-,28-26-,31-30-,34-33-,37-36-,41-40-,45-42-,50-47-,54-51-. The Morgan fingerprint density at radius 2 is 0.533 bits per heavy atom. The molecule has 6 heteroatoms. The first kappa shape index (κ1) is 69.5. The minimum atomic E-state index is -0.843. The first-order valence-electron chi connectivity index (χ1n) is 29.3. The number of hydrogen-bond donors (Lipinski definition) is 0. The van der Waals surface area contributed by atoms with Gasteiger partial charge in [-0.25, -0.2) is 0 Å². The van der Waals surface area contributed by atoms with Gasteiger partial charge in [-0.1, -0.05) is 229 Å². The second-order valence-electron chi connectivity index (χ2n) is 18.4. The van der Waals surface area contributed by atoms with Gasteiger partial charge in [0.25, 0.3) is 0 Å². The SMILES string of the molecule is CC/C=C\C/C=C\C/C=C\C/C=C\C/C=C\C/C=C\C/C=C\C/C=C\CCCCC(=O)OCC(COC(=O)CCCCCCC/C=C\C/C=C\CCC)OC(=O)CCC/C=C\C/C=C\C/C=C\C/C=C\C/C=C\CC. The van der Waals surface area contributed by atoms with E-state index in [1.807, 2.05) is 0 Å². The van der Waals surface area contributed by atoms with Crippen LogP contribution in [0.15, 0.2) is 182 Å². The van der Waals surface area contributed by atoms with E-state index in [1.165, 1.54) is 6.42 Å². The van der Waals surface area contributed by atoms with Gasteiger partial charge in [0, 0.05) is 19.3 Å².